The molecule has 0 heterocycles. The third-order valence-corrected chi connectivity index (χ3v) is 5.60. The van der Waals surface area contributed by atoms with Crippen LogP contribution >= 0.6 is 0 Å². The summed E-state index contributed by atoms with van der Waals surface area (Å²) in [5, 5.41) is 9.39. The van der Waals surface area contributed by atoms with Crippen LogP contribution in [0.15, 0.2) is 66.7 Å². The molecule has 3 nitrogen and oxygen atoms in total. The maximum absolute atomic E-state index is 12.8. The van der Waals surface area contributed by atoms with E-state index >= 15 is 0 Å². The Bertz CT molecular complexity index is 1090. The smallest absolute Gasteiger partial charge is 0.416 e. The Morgan fingerprint density at radius 2 is 1.77 bits per heavy atom. The van der Waals surface area contributed by atoms with E-state index in [1.165, 1.54) is 12.1 Å². The van der Waals surface area contributed by atoms with Crippen molar-refractivity contribution in [2.24, 2.45) is 0 Å². The zero-order valence-electron chi connectivity index (χ0n) is 16.7. The SMILES string of the molecule is O=C(O)C1CCCc2cc(OCc3cccc(-c4ccc(C(F)(F)F)cc4)c3)ccc21. The summed E-state index contributed by atoms with van der Waals surface area (Å²) in [4.78, 5) is 11.4. The summed E-state index contributed by atoms with van der Waals surface area (Å²) in [6.07, 6.45) is -2.03. The zero-order valence-corrected chi connectivity index (χ0v) is 16.7. The van der Waals surface area contributed by atoms with Crippen molar-refractivity contribution in [3.8, 4) is 16.9 Å². The minimum atomic E-state index is -4.35. The molecule has 4 rings (SSSR count). The second-order valence-electron chi connectivity index (χ2n) is 7.71. The first kappa shape index (κ1) is 21.0. The number of carboxylic acid groups (broad SMARTS) is 1. The third kappa shape index (κ3) is 4.74. The van der Waals surface area contributed by atoms with E-state index in [0.717, 1.165) is 47.2 Å². The molecule has 0 saturated carbocycles. The van der Waals surface area contributed by atoms with Gasteiger partial charge in [0.05, 0.1) is 11.5 Å². The van der Waals surface area contributed by atoms with Gasteiger partial charge in [-0.2, -0.15) is 13.2 Å². The number of carboxylic acids is 1. The maximum atomic E-state index is 12.8. The summed E-state index contributed by atoms with van der Waals surface area (Å²) in [5.41, 5.74) is 3.59. The van der Waals surface area contributed by atoms with Crippen LogP contribution < -0.4 is 4.74 Å². The minimum Gasteiger partial charge on any atom is -0.489 e. The number of benzene rings is 3. The molecule has 3 aromatic carbocycles. The van der Waals surface area contributed by atoms with Crippen LogP contribution in [0.1, 0.15) is 41.0 Å². The van der Waals surface area contributed by atoms with Crippen LogP contribution in [0.4, 0.5) is 13.2 Å². The van der Waals surface area contributed by atoms with E-state index in [9.17, 15) is 23.1 Å². The van der Waals surface area contributed by atoms with Crippen molar-refractivity contribution in [1.82, 2.24) is 0 Å². The van der Waals surface area contributed by atoms with E-state index in [0.29, 0.717) is 24.3 Å². The molecule has 0 fully saturated rings. The first-order valence-corrected chi connectivity index (χ1v) is 10.1. The molecule has 0 amide bonds. The fourth-order valence-corrected chi connectivity index (χ4v) is 4.00. The second kappa shape index (κ2) is 8.46. The van der Waals surface area contributed by atoms with Gasteiger partial charge in [-0.25, -0.2) is 0 Å². The summed E-state index contributed by atoms with van der Waals surface area (Å²) in [7, 11) is 0. The van der Waals surface area contributed by atoms with Crippen molar-refractivity contribution in [2.45, 2.75) is 38.0 Å². The number of aryl methyl sites for hydroxylation is 1. The van der Waals surface area contributed by atoms with Gasteiger partial charge < -0.3 is 9.84 Å². The molecule has 31 heavy (non-hydrogen) atoms. The Balaban J connectivity index is 1.47. The number of carbonyl (C=O) groups is 1. The van der Waals surface area contributed by atoms with E-state index in [4.69, 9.17) is 4.74 Å². The van der Waals surface area contributed by atoms with Crippen LogP contribution in [0, 0.1) is 0 Å². The van der Waals surface area contributed by atoms with Gasteiger partial charge in [-0.05, 0) is 77.4 Å². The number of fused-ring (bicyclic) bond motifs is 1. The number of halogens is 3. The molecule has 0 aliphatic heterocycles. The monoisotopic (exact) mass is 426 g/mol. The number of hydrogen-bond donors (Lipinski definition) is 1. The maximum Gasteiger partial charge on any atom is 0.416 e. The van der Waals surface area contributed by atoms with Crippen molar-refractivity contribution < 1.29 is 27.8 Å². The molecule has 0 saturated heterocycles. The predicted molar refractivity (Wildman–Crippen MR) is 111 cm³/mol. The Labute approximate surface area is 178 Å². The van der Waals surface area contributed by atoms with Gasteiger partial charge in [0.2, 0.25) is 0 Å². The van der Waals surface area contributed by atoms with E-state index in [1.807, 2.05) is 36.4 Å². The quantitative estimate of drug-likeness (QED) is 0.510. The number of aliphatic carboxylic acids is 1. The van der Waals surface area contributed by atoms with Crippen LogP contribution in [0.2, 0.25) is 0 Å². The summed E-state index contributed by atoms with van der Waals surface area (Å²) in [5.74, 6) is -0.586. The summed E-state index contributed by atoms with van der Waals surface area (Å²) in [6.45, 7) is 0.301. The molecule has 160 valence electrons. The molecule has 6 heteroatoms. The van der Waals surface area contributed by atoms with Crippen LogP contribution in [-0.2, 0) is 24.0 Å². The van der Waals surface area contributed by atoms with Crippen molar-refractivity contribution in [3.05, 3.63) is 89.0 Å². The molecule has 0 radical (unpaired) electrons. The average Bonchev–Trinajstić information content (AvgIpc) is 2.76. The van der Waals surface area contributed by atoms with Crippen LogP contribution in [0.5, 0.6) is 5.75 Å². The standard InChI is InChI=1S/C25H21F3O3/c26-25(27,28)20-9-7-17(8-10-20)18-4-1-3-16(13-18)15-31-21-11-12-22-19(14-21)5-2-6-23(22)24(29)30/h1,3-4,7-14,23H,2,5-6,15H2,(H,29,30). The van der Waals surface area contributed by atoms with Gasteiger partial charge in [-0.1, -0.05) is 36.4 Å². The summed E-state index contributed by atoms with van der Waals surface area (Å²) in [6, 6.07) is 18.1. The average molecular weight is 426 g/mol. The highest BCUT2D eigenvalue weighted by Gasteiger charge is 2.30. The predicted octanol–water partition coefficient (Wildman–Crippen LogP) is 6.46. The molecule has 0 aromatic heterocycles. The number of ether oxygens (including phenoxy) is 1. The molecule has 3 aromatic rings. The van der Waals surface area contributed by atoms with Crippen molar-refractivity contribution in [2.75, 3.05) is 0 Å². The lowest BCUT2D eigenvalue weighted by Crippen LogP contribution is -2.17. The fraction of sp³-hybridized carbons (Fsp3) is 0.240. The molecule has 1 aliphatic rings. The lowest BCUT2D eigenvalue weighted by Gasteiger charge is -2.23. The first-order chi connectivity index (χ1) is 14.8. The Kier molecular flexibility index (Phi) is 5.72. The van der Waals surface area contributed by atoms with E-state index < -0.39 is 23.6 Å². The highest BCUT2D eigenvalue weighted by atomic mass is 19.4. The highest BCUT2D eigenvalue weighted by molar-refractivity contribution is 5.77. The topological polar surface area (TPSA) is 46.5 Å². The number of hydrogen-bond acceptors (Lipinski definition) is 2. The fourth-order valence-electron chi connectivity index (χ4n) is 4.00. The van der Waals surface area contributed by atoms with Crippen molar-refractivity contribution >= 4 is 5.97 Å². The van der Waals surface area contributed by atoms with Gasteiger partial charge in [0.15, 0.2) is 0 Å². The molecule has 1 N–H and O–H groups in total. The first-order valence-electron chi connectivity index (χ1n) is 10.1. The molecular weight excluding hydrogens is 405 g/mol. The summed E-state index contributed by atoms with van der Waals surface area (Å²) < 4.78 is 44.2. The van der Waals surface area contributed by atoms with E-state index in [2.05, 4.69) is 0 Å². The van der Waals surface area contributed by atoms with Gasteiger partial charge in [-0.15, -0.1) is 0 Å². The normalized spacial score (nSPS) is 15.9. The molecule has 1 atom stereocenters. The van der Waals surface area contributed by atoms with Gasteiger partial charge in [0, 0.05) is 0 Å². The molecule has 1 unspecified atom stereocenters. The van der Waals surface area contributed by atoms with Gasteiger partial charge in [0.1, 0.15) is 12.4 Å². The van der Waals surface area contributed by atoms with Crippen LogP contribution in [0.3, 0.4) is 0 Å². The van der Waals surface area contributed by atoms with E-state index in [1.54, 1.807) is 6.07 Å². The minimum absolute atomic E-state index is 0.301. The van der Waals surface area contributed by atoms with Gasteiger partial charge >= 0.3 is 12.1 Å². The Morgan fingerprint density at radius 1 is 1.00 bits per heavy atom. The van der Waals surface area contributed by atoms with Crippen molar-refractivity contribution in [3.63, 3.8) is 0 Å². The largest absolute Gasteiger partial charge is 0.489 e. The number of rotatable bonds is 5. The second-order valence-corrected chi connectivity index (χ2v) is 7.71. The van der Waals surface area contributed by atoms with Crippen LogP contribution in [0.25, 0.3) is 11.1 Å². The number of alkyl halides is 3. The Hall–Kier alpha value is -3.28. The molecule has 1 aliphatic carbocycles. The summed E-state index contributed by atoms with van der Waals surface area (Å²) >= 11 is 0. The third-order valence-electron chi connectivity index (χ3n) is 5.60. The molecular formula is C25H21F3O3. The molecule has 0 bridgehead atoms. The molecule has 0 spiro atoms. The zero-order chi connectivity index (χ0) is 22.0. The Morgan fingerprint density at radius 3 is 2.48 bits per heavy atom. The highest BCUT2D eigenvalue weighted by Crippen LogP contribution is 2.34. The van der Waals surface area contributed by atoms with Crippen molar-refractivity contribution in [1.29, 1.82) is 0 Å². The van der Waals surface area contributed by atoms with Gasteiger partial charge in [0.25, 0.3) is 0 Å². The lowest BCUT2D eigenvalue weighted by molar-refractivity contribution is -0.139. The van der Waals surface area contributed by atoms with Crippen LogP contribution in [-0.4, -0.2) is 11.1 Å². The van der Waals surface area contributed by atoms with E-state index in [-0.39, 0.29) is 0 Å². The lowest BCUT2D eigenvalue weighted by atomic mass is 9.83. The van der Waals surface area contributed by atoms with Gasteiger partial charge in [-0.3, -0.25) is 4.79 Å².